The van der Waals surface area contributed by atoms with Gasteiger partial charge in [-0.25, -0.2) is 0 Å². The summed E-state index contributed by atoms with van der Waals surface area (Å²) in [6, 6.07) is 3.72. The molecule has 1 aromatic rings. The second kappa shape index (κ2) is 3.95. The Kier molecular flexibility index (Phi) is 2.84. The molecule has 0 saturated heterocycles. The van der Waals surface area contributed by atoms with Crippen LogP contribution in [0.25, 0.3) is 0 Å². The minimum Gasteiger partial charge on any atom is -0.448 e. The summed E-state index contributed by atoms with van der Waals surface area (Å²) in [5.74, 6) is 0.926. The van der Waals surface area contributed by atoms with E-state index in [1.54, 1.807) is 6.07 Å². The number of halogens is 1. The van der Waals surface area contributed by atoms with Gasteiger partial charge in [0.05, 0.1) is 6.54 Å². The maximum absolute atomic E-state index is 5.70. The van der Waals surface area contributed by atoms with Crippen LogP contribution in [0.1, 0.15) is 38.4 Å². The van der Waals surface area contributed by atoms with E-state index in [9.17, 15) is 0 Å². The van der Waals surface area contributed by atoms with Gasteiger partial charge in [-0.1, -0.05) is 6.92 Å². The molecular weight excluding hydrogens is 198 g/mol. The molecule has 1 saturated carbocycles. The Morgan fingerprint density at radius 1 is 1.50 bits per heavy atom. The lowest BCUT2D eigenvalue weighted by Gasteiger charge is -2.42. The molecule has 1 aromatic heterocycles. The van der Waals surface area contributed by atoms with Crippen LogP contribution in [-0.4, -0.2) is 5.54 Å². The highest BCUT2D eigenvalue weighted by molar-refractivity contribution is 6.28. The first kappa shape index (κ1) is 10.1. The van der Waals surface area contributed by atoms with Crippen molar-refractivity contribution in [2.75, 3.05) is 0 Å². The molecule has 1 aliphatic rings. The van der Waals surface area contributed by atoms with E-state index in [-0.39, 0.29) is 0 Å². The van der Waals surface area contributed by atoms with Crippen molar-refractivity contribution in [3.8, 4) is 0 Å². The third-order valence-electron chi connectivity index (χ3n) is 3.25. The molecule has 2 nitrogen and oxygen atoms in total. The predicted octanol–water partition coefficient (Wildman–Crippen LogP) is 3.36. The molecule has 0 spiro atoms. The number of hydrogen-bond acceptors (Lipinski definition) is 2. The van der Waals surface area contributed by atoms with Gasteiger partial charge < -0.3 is 9.73 Å². The van der Waals surface area contributed by atoms with Crippen LogP contribution in [0.15, 0.2) is 16.5 Å². The van der Waals surface area contributed by atoms with Gasteiger partial charge in [-0.05, 0) is 49.4 Å². The third-order valence-corrected chi connectivity index (χ3v) is 3.46. The Morgan fingerprint density at radius 2 is 2.29 bits per heavy atom. The van der Waals surface area contributed by atoms with Crippen molar-refractivity contribution >= 4 is 11.6 Å². The Hall–Kier alpha value is -0.470. The highest BCUT2D eigenvalue weighted by atomic mass is 35.5. The van der Waals surface area contributed by atoms with E-state index >= 15 is 0 Å². The van der Waals surface area contributed by atoms with Crippen LogP contribution in [-0.2, 0) is 6.54 Å². The number of rotatable bonds is 4. The van der Waals surface area contributed by atoms with Gasteiger partial charge in [-0.15, -0.1) is 0 Å². The molecule has 2 rings (SSSR count). The van der Waals surface area contributed by atoms with Gasteiger partial charge >= 0.3 is 0 Å². The topological polar surface area (TPSA) is 25.2 Å². The van der Waals surface area contributed by atoms with Crippen molar-refractivity contribution in [1.82, 2.24) is 5.32 Å². The minimum atomic E-state index is 0.374. The molecule has 0 aliphatic heterocycles. The van der Waals surface area contributed by atoms with Crippen molar-refractivity contribution in [2.24, 2.45) is 0 Å². The van der Waals surface area contributed by atoms with Crippen LogP contribution in [0.5, 0.6) is 0 Å². The molecule has 0 atom stereocenters. The largest absolute Gasteiger partial charge is 0.448 e. The molecule has 3 heteroatoms. The zero-order valence-electron chi connectivity index (χ0n) is 8.48. The maximum Gasteiger partial charge on any atom is 0.193 e. The summed E-state index contributed by atoms with van der Waals surface area (Å²) in [5.41, 5.74) is 0.374. The van der Waals surface area contributed by atoms with Crippen molar-refractivity contribution in [3.05, 3.63) is 23.1 Å². The van der Waals surface area contributed by atoms with E-state index in [0.717, 1.165) is 12.3 Å². The quantitative estimate of drug-likeness (QED) is 0.830. The summed E-state index contributed by atoms with van der Waals surface area (Å²) in [6.45, 7) is 3.03. The molecule has 0 amide bonds. The molecule has 14 heavy (non-hydrogen) atoms. The number of nitrogens with one attached hydrogen (secondary N) is 1. The van der Waals surface area contributed by atoms with Crippen molar-refractivity contribution in [2.45, 2.75) is 44.7 Å². The van der Waals surface area contributed by atoms with Gasteiger partial charge in [0.15, 0.2) is 5.22 Å². The first-order valence-corrected chi connectivity index (χ1v) is 5.61. The van der Waals surface area contributed by atoms with Crippen molar-refractivity contribution in [1.29, 1.82) is 0 Å². The van der Waals surface area contributed by atoms with Crippen LogP contribution in [0.2, 0.25) is 5.22 Å². The lowest BCUT2D eigenvalue weighted by Crippen LogP contribution is -2.49. The van der Waals surface area contributed by atoms with Gasteiger partial charge in [0, 0.05) is 5.54 Å². The molecule has 0 aromatic carbocycles. The van der Waals surface area contributed by atoms with Gasteiger partial charge in [0.1, 0.15) is 5.76 Å². The Balaban J connectivity index is 1.87. The zero-order chi connectivity index (χ0) is 10.0. The smallest absolute Gasteiger partial charge is 0.193 e. The van der Waals surface area contributed by atoms with Gasteiger partial charge in [0.25, 0.3) is 0 Å². The fourth-order valence-electron chi connectivity index (χ4n) is 1.98. The Bertz CT molecular complexity index is 298. The van der Waals surface area contributed by atoms with Crippen LogP contribution >= 0.6 is 11.6 Å². The molecule has 0 bridgehead atoms. The van der Waals surface area contributed by atoms with E-state index in [4.69, 9.17) is 16.0 Å². The van der Waals surface area contributed by atoms with E-state index in [2.05, 4.69) is 12.2 Å². The number of hydrogen-bond donors (Lipinski definition) is 1. The van der Waals surface area contributed by atoms with E-state index in [0.29, 0.717) is 10.8 Å². The molecule has 1 heterocycles. The van der Waals surface area contributed by atoms with Crippen molar-refractivity contribution in [3.63, 3.8) is 0 Å². The second-order valence-corrected chi connectivity index (χ2v) is 4.42. The average molecular weight is 214 g/mol. The average Bonchev–Trinajstić information content (AvgIpc) is 2.50. The number of furan rings is 1. The molecule has 0 unspecified atom stereocenters. The first-order chi connectivity index (χ1) is 6.74. The summed E-state index contributed by atoms with van der Waals surface area (Å²) in [5, 5.41) is 4.03. The molecule has 78 valence electrons. The SMILES string of the molecule is CCC1(NCc2ccc(Cl)o2)CCC1. The zero-order valence-corrected chi connectivity index (χ0v) is 9.23. The lowest BCUT2D eigenvalue weighted by atomic mass is 9.75. The fraction of sp³-hybridized carbons (Fsp3) is 0.636. The normalized spacial score (nSPS) is 19.3. The molecule has 1 fully saturated rings. The highest BCUT2D eigenvalue weighted by Crippen LogP contribution is 2.34. The summed E-state index contributed by atoms with van der Waals surface area (Å²) in [7, 11) is 0. The molecular formula is C11H16ClNO. The van der Waals surface area contributed by atoms with Crippen LogP contribution < -0.4 is 5.32 Å². The van der Waals surface area contributed by atoms with E-state index in [1.807, 2.05) is 6.07 Å². The minimum absolute atomic E-state index is 0.374. The fourth-order valence-corrected chi connectivity index (χ4v) is 2.14. The van der Waals surface area contributed by atoms with Crippen molar-refractivity contribution < 1.29 is 4.42 Å². The van der Waals surface area contributed by atoms with Crippen LogP contribution in [0.3, 0.4) is 0 Å². The summed E-state index contributed by atoms with van der Waals surface area (Å²) < 4.78 is 5.29. The summed E-state index contributed by atoms with van der Waals surface area (Å²) >= 11 is 5.70. The Labute approximate surface area is 89.6 Å². The lowest BCUT2D eigenvalue weighted by molar-refractivity contribution is 0.171. The first-order valence-electron chi connectivity index (χ1n) is 5.23. The predicted molar refractivity (Wildman–Crippen MR) is 57.4 cm³/mol. The molecule has 1 N–H and O–H groups in total. The molecule has 0 radical (unpaired) electrons. The van der Waals surface area contributed by atoms with Gasteiger partial charge in [0.2, 0.25) is 0 Å². The second-order valence-electron chi connectivity index (χ2n) is 4.05. The van der Waals surface area contributed by atoms with Crippen LogP contribution in [0.4, 0.5) is 0 Å². The van der Waals surface area contributed by atoms with E-state index in [1.165, 1.54) is 25.7 Å². The van der Waals surface area contributed by atoms with Crippen LogP contribution in [0, 0.1) is 0 Å². The highest BCUT2D eigenvalue weighted by Gasteiger charge is 2.34. The van der Waals surface area contributed by atoms with Gasteiger partial charge in [-0.2, -0.15) is 0 Å². The maximum atomic E-state index is 5.70. The van der Waals surface area contributed by atoms with E-state index < -0.39 is 0 Å². The standard InChI is InChI=1S/C11H16ClNO/c1-2-11(6-3-7-11)13-8-9-4-5-10(12)14-9/h4-5,13H,2-3,6-8H2,1H3. The third kappa shape index (κ3) is 1.96. The monoisotopic (exact) mass is 213 g/mol. The molecule has 1 aliphatic carbocycles. The summed E-state index contributed by atoms with van der Waals surface area (Å²) in [6.07, 6.45) is 5.12. The van der Waals surface area contributed by atoms with Gasteiger partial charge in [-0.3, -0.25) is 0 Å². The summed E-state index contributed by atoms with van der Waals surface area (Å²) in [4.78, 5) is 0. The Morgan fingerprint density at radius 3 is 2.71 bits per heavy atom.